The van der Waals surface area contributed by atoms with Crippen LogP contribution >= 0.6 is 35.3 Å². The highest BCUT2D eigenvalue weighted by Gasteiger charge is 2.00. The molecule has 0 saturated carbocycles. The summed E-state index contributed by atoms with van der Waals surface area (Å²) < 4.78 is 0. The Morgan fingerprint density at radius 2 is 2.00 bits per heavy atom. The van der Waals surface area contributed by atoms with Crippen LogP contribution in [0.1, 0.15) is 32.1 Å². The minimum Gasteiger partial charge on any atom is -0.357 e. The maximum Gasteiger partial charge on any atom is 0.191 e. The number of rotatable bonds is 9. The van der Waals surface area contributed by atoms with Crippen molar-refractivity contribution in [1.29, 1.82) is 0 Å². The number of thiophene rings is 1. The molecule has 1 rings (SSSR count). The van der Waals surface area contributed by atoms with E-state index in [0.717, 1.165) is 51.6 Å². The van der Waals surface area contributed by atoms with Gasteiger partial charge in [0, 0.05) is 18.0 Å². The molecule has 21 heavy (non-hydrogen) atoms. The smallest absolute Gasteiger partial charge is 0.191 e. The average Bonchev–Trinajstić information content (AvgIpc) is 2.98. The van der Waals surface area contributed by atoms with Gasteiger partial charge in [0.05, 0.1) is 6.54 Å². The topological polar surface area (TPSA) is 39.7 Å². The molecule has 4 nitrogen and oxygen atoms in total. The van der Waals surface area contributed by atoms with Gasteiger partial charge < -0.3 is 15.5 Å². The Morgan fingerprint density at radius 1 is 1.24 bits per heavy atom. The molecule has 2 N–H and O–H groups in total. The minimum absolute atomic E-state index is 0. The molecule has 0 aliphatic rings. The lowest BCUT2D eigenvalue weighted by Gasteiger charge is -2.18. The molecule has 0 saturated heterocycles. The molecule has 0 fully saturated rings. The quantitative estimate of drug-likeness (QED) is 0.277. The van der Waals surface area contributed by atoms with Gasteiger partial charge in [-0.05, 0) is 44.4 Å². The second-order valence-corrected chi connectivity index (χ2v) is 5.61. The van der Waals surface area contributed by atoms with Crippen molar-refractivity contribution in [1.82, 2.24) is 15.5 Å². The molecule has 0 atom stereocenters. The number of nitrogens with one attached hydrogen (secondary N) is 2. The number of halogens is 1. The van der Waals surface area contributed by atoms with Crippen LogP contribution in [0.4, 0.5) is 0 Å². The van der Waals surface area contributed by atoms with Gasteiger partial charge in [0.25, 0.3) is 0 Å². The fraction of sp³-hybridized carbons (Fsp3) is 0.667. The Labute approximate surface area is 150 Å². The Hall–Kier alpha value is -0.340. The van der Waals surface area contributed by atoms with E-state index in [2.05, 4.69) is 58.8 Å². The summed E-state index contributed by atoms with van der Waals surface area (Å²) in [5.41, 5.74) is 0. The number of hydrogen-bond donors (Lipinski definition) is 2. The summed E-state index contributed by atoms with van der Waals surface area (Å²) in [5, 5.41) is 8.79. The second-order valence-electron chi connectivity index (χ2n) is 4.58. The van der Waals surface area contributed by atoms with Gasteiger partial charge in [-0.2, -0.15) is 0 Å². The van der Waals surface area contributed by atoms with E-state index >= 15 is 0 Å². The van der Waals surface area contributed by atoms with Crippen LogP contribution in [-0.4, -0.2) is 43.6 Å². The van der Waals surface area contributed by atoms with Crippen LogP contribution in [0.3, 0.4) is 0 Å². The van der Waals surface area contributed by atoms with Crippen molar-refractivity contribution in [2.75, 3.05) is 32.7 Å². The van der Waals surface area contributed by atoms with Crippen LogP contribution in [-0.2, 0) is 6.54 Å². The molecule has 0 spiro atoms. The normalized spacial score (nSPS) is 11.3. The maximum atomic E-state index is 4.60. The van der Waals surface area contributed by atoms with Gasteiger partial charge in [0.15, 0.2) is 5.96 Å². The van der Waals surface area contributed by atoms with Gasteiger partial charge in [-0.1, -0.05) is 19.9 Å². The molecule has 0 radical (unpaired) electrons. The van der Waals surface area contributed by atoms with Gasteiger partial charge in [0.1, 0.15) is 0 Å². The lowest BCUT2D eigenvalue weighted by atomic mass is 10.3. The number of guanidine groups is 1. The van der Waals surface area contributed by atoms with E-state index in [1.165, 1.54) is 4.88 Å². The molecule has 1 aromatic rings. The van der Waals surface area contributed by atoms with Crippen LogP contribution in [0.15, 0.2) is 22.5 Å². The van der Waals surface area contributed by atoms with E-state index in [-0.39, 0.29) is 24.0 Å². The number of nitrogens with zero attached hydrogens (tertiary/aromatic N) is 2. The average molecular weight is 424 g/mol. The van der Waals surface area contributed by atoms with Gasteiger partial charge in [-0.3, -0.25) is 0 Å². The number of aliphatic imine (C=N–C) groups is 1. The van der Waals surface area contributed by atoms with E-state index in [9.17, 15) is 0 Å². The third-order valence-electron chi connectivity index (χ3n) is 3.16. The molecule has 0 unspecified atom stereocenters. The first-order valence-corrected chi connectivity index (χ1v) is 8.45. The molecule has 0 bridgehead atoms. The molecule has 1 aromatic heterocycles. The van der Waals surface area contributed by atoms with Crippen LogP contribution in [0.2, 0.25) is 0 Å². The standard InChI is InChI=1S/C15H28N4S.HI/c1-4-16-15(18-13-14-9-7-12-20-14)17-10-8-11-19(5-2)6-3;/h7,9,12H,4-6,8,10-11,13H2,1-3H3,(H2,16,17,18);1H. The third-order valence-corrected chi connectivity index (χ3v) is 4.02. The Morgan fingerprint density at radius 3 is 2.57 bits per heavy atom. The molecule has 122 valence electrons. The molecule has 1 heterocycles. The maximum absolute atomic E-state index is 4.60. The van der Waals surface area contributed by atoms with E-state index in [0.29, 0.717) is 0 Å². The fourth-order valence-electron chi connectivity index (χ4n) is 1.95. The highest BCUT2D eigenvalue weighted by molar-refractivity contribution is 14.0. The predicted molar refractivity (Wildman–Crippen MR) is 105 cm³/mol. The first kappa shape index (κ1) is 20.7. The Bertz CT molecular complexity index is 364. The van der Waals surface area contributed by atoms with Gasteiger partial charge in [0.2, 0.25) is 0 Å². The molecule has 0 aromatic carbocycles. The van der Waals surface area contributed by atoms with Crippen LogP contribution in [0.25, 0.3) is 0 Å². The van der Waals surface area contributed by atoms with Crippen molar-refractivity contribution in [2.45, 2.75) is 33.7 Å². The van der Waals surface area contributed by atoms with E-state index in [1.807, 2.05) is 0 Å². The molecular weight excluding hydrogens is 395 g/mol. The first-order chi connectivity index (χ1) is 9.80. The summed E-state index contributed by atoms with van der Waals surface area (Å²) in [6.07, 6.45) is 1.14. The van der Waals surface area contributed by atoms with Crippen molar-refractivity contribution in [3.63, 3.8) is 0 Å². The third kappa shape index (κ3) is 9.31. The fourth-order valence-corrected chi connectivity index (χ4v) is 2.58. The summed E-state index contributed by atoms with van der Waals surface area (Å²) in [7, 11) is 0. The number of hydrogen-bond acceptors (Lipinski definition) is 3. The highest BCUT2D eigenvalue weighted by atomic mass is 127. The van der Waals surface area contributed by atoms with Crippen molar-refractivity contribution in [2.24, 2.45) is 4.99 Å². The first-order valence-electron chi connectivity index (χ1n) is 7.57. The zero-order chi connectivity index (χ0) is 14.6. The monoisotopic (exact) mass is 424 g/mol. The van der Waals surface area contributed by atoms with Crippen molar-refractivity contribution in [3.8, 4) is 0 Å². The lowest BCUT2D eigenvalue weighted by Crippen LogP contribution is -2.38. The lowest BCUT2D eigenvalue weighted by molar-refractivity contribution is 0.300. The van der Waals surface area contributed by atoms with Crippen LogP contribution < -0.4 is 10.6 Å². The summed E-state index contributed by atoms with van der Waals surface area (Å²) in [4.78, 5) is 8.34. The zero-order valence-corrected chi connectivity index (χ0v) is 16.5. The molecule has 0 aliphatic heterocycles. The Balaban J connectivity index is 0.00000400. The summed E-state index contributed by atoms with van der Waals surface area (Å²) in [6.45, 7) is 12.5. The second kappa shape index (κ2) is 13.3. The molecule has 0 aliphatic carbocycles. The van der Waals surface area contributed by atoms with Crippen LogP contribution in [0.5, 0.6) is 0 Å². The van der Waals surface area contributed by atoms with E-state index < -0.39 is 0 Å². The van der Waals surface area contributed by atoms with Crippen molar-refractivity contribution < 1.29 is 0 Å². The largest absolute Gasteiger partial charge is 0.357 e. The predicted octanol–water partition coefficient (Wildman–Crippen LogP) is 3.15. The highest BCUT2D eigenvalue weighted by Crippen LogP contribution is 2.09. The SMILES string of the molecule is CCNC(=NCc1cccs1)NCCCN(CC)CC.I. The minimum atomic E-state index is 0. The summed E-state index contributed by atoms with van der Waals surface area (Å²) in [6, 6.07) is 4.19. The molecule has 6 heteroatoms. The van der Waals surface area contributed by atoms with Gasteiger partial charge in [-0.25, -0.2) is 4.99 Å². The van der Waals surface area contributed by atoms with Gasteiger partial charge >= 0.3 is 0 Å². The van der Waals surface area contributed by atoms with E-state index in [4.69, 9.17) is 0 Å². The zero-order valence-electron chi connectivity index (χ0n) is 13.4. The summed E-state index contributed by atoms with van der Waals surface area (Å²) in [5.74, 6) is 0.917. The van der Waals surface area contributed by atoms with Crippen molar-refractivity contribution in [3.05, 3.63) is 22.4 Å². The van der Waals surface area contributed by atoms with Crippen LogP contribution in [0, 0.1) is 0 Å². The molecule has 0 amide bonds. The Kier molecular flexibility index (Phi) is 13.1. The van der Waals surface area contributed by atoms with E-state index in [1.54, 1.807) is 11.3 Å². The van der Waals surface area contributed by atoms with Crippen molar-refractivity contribution >= 4 is 41.3 Å². The summed E-state index contributed by atoms with van der Waals surface area (Å²) >= 11 is 1.75. The molecular formula is C15H29IN4S. The van der Waals surface area contributed by atoms with Gasteiger partial charge in [-0.15, -0.1) is 35.3 Å².